The summed E-state index contributed by atoms with van der Waals surface area (Å²) in [7, 11) is 1.63. The molecule has 0 fully saturated rings. The number of nitrogens with zero attached hydrogens (tertiary/aromatic N) is 2. The molecular weight excluding hydrogens is 302 g/mol. The van der Waals surface area contributed by atoms with Crippen molar-refractivity contribution in [3.8, 4) is 17.0 Å². The molecule has 0 aliphatic heterocycles. The number of amides is 1. The first-order valence-electron chi connectivity index (χ1n) is 7.74. The third-order valence-corrected chi connectivity index (χ3v) is 4.06. The lowest BCUT2D eigenvalue weighted by molar-refractivity contribution is 0.0999. The van der Waals surface area contributed by atoms with Crippen molar-refractivity contribution < 1.29 is 9.53 Å². The number of ether oxygens (including phenoxy) is 1. The summed E-state index contributed by atoms with van der Waals surface area (Å²) in [6.45, 7) is 4.07. The third-order valence-electron chi connectivity index (χ3n) is 4.06. The van der Waals surface area contributed by atoms with E-state index in [1.54, 1.807) is 13.2 Å². The molecule has 24 heavy (non-hydrogen) atoms. The molecule has 0 aliphatic carbocycles. The molecule has 5 nitrogen and oxygen atoms in total. The molecule has 0 atom stereocenters. The molecule has 0 spiro atoms. The molecule has 0 saturated carbocycles. The number of carbonyl (C=O) groups is 1. The van der Waals surface area contributed by atoms with E-state index in [1.807, 2.05) is 44.2 Å². The Hall–Kier alpha value is -2.95. The molecule has 2 N–H and O–H groups in total. The maximum absolute atomic E-state index is 11.6. The Labute approximate surface area is 140 Å². The number of primary amides is 1. The number of nitrogens with two attached hydrogens (primary N) is 1. The second kappa shape index (κ2) is 6.28. The largest absolute Gasteiger partial charge is 0.497 e. The zero-order valence-corrected chi connectivity index (χ0v) is 13.9. The number of benzene rings is 2. The van der Waals surface area contributed by atoms with Crippen LogP contribution < -0.4 is 10.5 Å². The van der Waals surface area contributed by atoms with Crippen molar-refractivity contribution in [2.75, 3.05) is 7.11 Å². The van der Waals surface area contributed by atoms with Gasteiger partial charge in [0.15, 0.2) is 0 Å². The molecular formula is C19H19N3O2. The third kappa shape index (κ3) is 2.80. The summed E-state index contributed by atoms with van der Waals surface area (Å²) in [6.07, 6.45) is 1.54. The molecule has 122 valence electrons. The first kappa shape index (κ1) is 15.9. The zero-order valence-electron chi connectivity index (χ0n) is 13.9. The van der Waals surface area contributed by atoms with Crippen LogP contribution in [0.1, 0.15) is 35.7 Å². The smallest absolute Gasteiger partial charge is 0.248 e. The number of methoxy groups -OCH3 is 1. The number of rotatable bonds is 4. The van der Waals surface area contributed by atoms with Crippen LogP contribution in [0.2, 0.25) is 0 Å². The van der Waals surface area contributed by atoms with E-state index in [0.717, 1.165) is 33.5 Å². The van der Waals surface area contributed by atoms with Crippen LogP contribution in [0.3, 0.4) is 0 Å². The summed E-state index contributed by atoms with van der Waals surface area (Å²) in [6, 6.07) is 11.3. The van der Waals surface area contributed by atoms with E-state index in [0.29, 0.717) is 5.56 Å². The molecule has 3 aromatic rings. The highest BCUT2D eigenvalue weighted by Gasteiger charge is 2.14. The van der Waals surface area contributed by atoms with E-state index >= 15 is 0 Å². The fourth-order valence-corrected chi connectivity index (χ4v) is 2.81. The number of hydrogen-bond donors (Lipinski definition) is 1. The quantitative estimate of drug-likeness (QED) is 0.797. The molecule has 3 rings (SSSR count). The van der Waals surface area contributed by atoms with E-state index < -0.39 is 5.91 Å². The van der Waals surface area contributed by atoms with Crippen molar-refractivity contribution in [2.24, 2.45) is 5.73 Å². The SMILES string of the molecule is COc1ccc2c(-c3ccc(C(N)=O)c(C(C)C)c3)ncnc2c1. The highest BCUT2D eigenvalue weighted by Crippen LogP contribution is 2.31. The lowest BCUT2D eigenvalue weighted by Crippen LogP contribution is -2.14. The molecule has 1 aromatic heterocycles. The van der Waals surface area contributed by atoms with E-state index in [1.165, 1.54) is 6.33 Å². The number of aromatic nitrogens is 2. The van der Waals surface area contributed by atoms with Gasteiger partial charge in [0.05, 0.1) is 18.3 Å². The fourth-order valence-electron chi connectivity index (χ4n) is 2.81. The Bertz CT molecular complexity index is 920. The van der Waals surface area contributed by atoms with Crippen LogP contribution in [-0.4, -0.2) is 23.0 Å². The second-order valence-corrected chi connectivity index (χ2v) is 5.93. The van der Waals surface area contributed by atoms with Crippen LogP contribution in [0.4, 0.5) is 0 Å². The average Bonchev–Trinajstić information content (AvgIpc) is 2.60. The molecule has 1 amide bonds. The van der Waals surface area contributed by atoms with Gasteiger partial charge >= 0.3 is 0 Å². The number of carbonyl (C=O) groups excluding carboxylic acids is 1. The molecule has 0 radical (unpaired) electrons. The minimum Gasteiger partial charge on any atom is -0.497 e. The van der Waals surface area contributed by atoms with Crippen LogP contribution >= 0.6 is 0 Å². The molecule has 0 unspecified atom stereocenters. The van der Waals surface area contributed by atoms with Crippen LogP contribution in [-0.2, 0) is 0 Å². The van der Waals surface area contributed by atoms with Crippen molar-refractivity contribution in [3.05, 3.63) is 53.9 Å². The van der Waals surface area contributed by atoms with Crippen molar-refractivity contribution in [1.82, 2.24) is 9.97 Å². The van der Waals surface area contributed by atoms with Gasteiger partial charge in [0, 0.05) is 22.6 Å². The van der Waals surface area contributed by atoms with E-state index in [2.05, 4.69) is 9.97 Å². The zero-order chi connectivity index (χ0) is 17.3. The van der Waals surface area contributed by atoms with Gasteiger partial charge in [-0.1, -0.05) is 19.9 Å². The summed E-state index contributed by atoms with van der Waals surface area (Å²) in [5.41, 5.74) is 9.51. The van der Waals surface area contributed by atoms with Crippen molar-refractivity contribution >= 4 is 16.8 Å². The molecule has 5 heteroatoms. The van der Waals surface area contributed by atoms with Gasteiger partial charge in [-0.2, -0.15) is 0 Å². The monoisotopic (exact) mass is 321 g/mol. The first-order chi connectivity index (χ1) is 11.5. The van der Waals surface area contributed by atoms with Crippen molar-refractivity contribution in [3.63, 3.8) is 0 Å². The minimum atomic E-state index is -0.414. The Morgan fingerprint density at radius 3 is 2.58 bits per heavy atom. The number of hydrogen-bond acceptors (Lipinski definition) is 4. The summed E-state index contributed by atoms with van der Waals surface area (Å²) < 4.78 is 5.25. The van der Waals surface area contributed by atoms with E-state index in [9.17, 15) is 4.79 Å². The predicted octanol–water partition coefficient (Wildman–Crippen LogP) is 3.53. The van der Waals surface area contributed by atoms with Gasteiger partial charge in [-0.05, 0) is 35.7 Å². The van der Waals surface area contributed by atoms with Gasteiger partial charge in [0.2, 0.25) is 5.91 Å². The first-order valence-corrected chi connectivity index (χ1v) is 7.74. The summed E-state index contributed by atoms with van der Waals surface area (Å²) >= 11 is 0. The molecule has 0 saturated heterocycles. The van der Waals surface area contributed by atoms with E-state index in [4.69, 9.17) is 10.5 Å². The van der Waals surface area contributed by atoms with Crippen molar-refractivity contribution in [1.29, 1.82) is 0 Å². The Morgan fingerprint density at radius 1 is 1.12 bits per heavy atom. The average molecular weight is 321 g/mol. The summed E-state index contributed by atoms with van der Waals surface area (Å²) in [5.74, 6) is 0.516. The Morgan fingerprint density at radius 2 is 1.92 bits per heavy atom. The lowest BCUT2D eigenvalue weighted by atomic mass is 9.93. The van der Waals surface area contributed by atoms with Gasteiger partial charge in [-0.25, -0.2) is 9.97 Å². The van der Waals surface area contributed by atoms with Crippen LogP contribution in [0.25, 0.3) is 22.2 Å². The van der Waals surface area contributed by atoms with Gasteiger partial charge in [0.25, 0.3) is 0 Å². The van der Waals surface area contributed by atoms with Crippen molar-refractivity contribution in [2.45, 2.75) is 19.8 Å². The van der Waals surface area contributed by atoms with Gasteiger partial charge in [-0.3, -0.25) is 4.79 Å². The predicted molar refractivity (Wildman–Crippen MR) is 94.1 cm³/mol. The standard InChI is InChI=1S/C19H19N3O2/c1-11(2)16-8-12(4-6-14(16)19(20)23)18-15-7-5-13(24-3)9-17(15)21-10-22-18/h4-11H,1-3H3,(H2,20,23). The van der Waals surface area contributed by atoms with Crippen LogP contribution in [0, 0.1) is 0 Å². The highest BCUT2D eigenvalue weighted by atomic mass is 16.5. The Kier molecular flexibility index (Phi) is 4.16. The van der Waals surface area contributed by atoms with Gasteiger partial charge < -0.3 is 10.5 Å². The van der Waals surface area contributed by atoms with Crippen LogP contribution in [0.5, 0.6) is 5.75 Å². The minimum absolute atomic E-state index is 0.181. The molecule has 2 aromatic carbocycles. The topological polar surface area (TPSA) is 78.1 Å². The normalized spacial score (nSPS) is 11.0. The molecule has 0 aliphatic rings. The van der Waals surface area contributed by atoms with Crippen LogP contribution in [0.15, 0.2) is 42.7 Å². The van der Waals surface area contributed by atoms with E-state index in [-0.39, 0.29) is 5.92 Å². The fraction of sp³-hybridized carbons (Fsp3) is 0.211. The summed E-state index contributed by atoms with van der Waals surface area (Å²) in [4.78, 5) is 20.4. The maximum Gasteiger partial charge on any atom is 0.248 e. The molecule has 0 bridgehead atoms. The lowest BCUT2D eigenvalue weighted by Gasteiger charge is -2.13. The second-order valence-electron chi connectivity index (χ2n) is 5.93. The Balaban J connectivity index is 2.20. The summed E-state index contributed by atoms with van der Waals surface area (Å²) in [5, 5.41) is 0.930. The van der Waals surface area contributed by atoms with Gasteiger partial charge in [-0.15, -0.1) is 0 Å². The highest BCUT2D eigenvalue weighted by molar-refractivity contribution is 5.97. The molecule has 1 heterocycles. The van der Waals surface area contributed by atoms with Gasteiger partial charge in [0.1, 0.15) is 12.1 Å². The maximum atomic E-state index is 11.6. The number of fused-ring (bicyclic) bond motifs is 1.